The minimum atomic E-state index is -0.696. The Bertz CT molecular complexity index is 495. The number of rotatable bonds is 6. The molecule has 1 heterocycles. The zero-order valence-electron chi connectivity index (χ0n) is 11.5. The highest BCUT2D eigenvalue weighted by molar-refractivity contribution is 5.95. The molecule has 0 saturated carbocycles. The van der Waals surface area contributed by atoms with Gasteiger partial charge < -0.3 is 10.6 Å². The third-order valence-corrected chi connectivity index (χ3v) is 2.47. The quantitative estimate of drug-likeness (QED) is 0.724. The summed E-state index contributed by atoms with van der Waals surface area (Å²) in [7, 11) is 0. The summed E-state index contributed by atoms with van der Waals surface area (Å²) in [5.41, 5.74) is 0.148. The van der Waals surface area contributed by atoms with Crippen LogP contribution in [-0.4, -0.2) is 34.4 Å². The van der Waals surface area contributed by atoms with Crippen LogP contribution in [0.1, 0.15) is 30.8 Å². The predicted molar refractivity (Wildman–Crippen MR) is 71.4 cm³/mol. The Balaban J connectivity index is 2.72. The average Bonchev–Trinajstić information content (AvgIpc) is 2.44. The maximum absolute atomic E-state index is 12.0. The number of nitrogens with zero attached hydrogens (tertiary/aromatic N) is 3. The second-order valence-electron chi connectivity index (χ2n) is 4.62. The molecule has 0 radical (unpaired) electrons. The van der Waals surface area contributed by atoms with Crippen LogP contribution in [0.2, 0.25) is 0 Å². The van der Waals surface area contributed by atoms with Gasteiger partial charge in [0.1, 0.15) is 18.3 Å². The maximum Gasteiger partial charge on any atom is 0.272 e. The fourth-order valence-corrected chi connectivity index (χ4v) is 1.60. The van der Waals surface area contributed by atoms with E-state index in [2.05, 4.69) is 20.6 Å². The number of carbonyl (C=O) groups is 2. The van der Waals surface area contributed by atoms with E-state index in [1.807, 2.05) is 19.9 Å². The fourth-order valence-electron chi connectivity index (χ4n) is 1.60. The first-order valence-corrected chi connectivity index (χ1v) is 6.26. The number of carbonyl (C=O) groups excluding carboxylic acids is 2. The largest absolute Gasteiger partial charge is 0.341 e. The van der Waals surface area contributed by atoms with E-state index in [4.69, 9.17) is 5.26 Å². The molecule has 0 aliphatic carbocycles. The number of amides is 2. The van der Waals surface area contributed by atoms with Crippen LogP contribution < -0.4 is 10.6 Å². The SMILES string of the molecule is CC(C)CC(NC(=O)c1cnccn1)C(=O)NCC#N. The molecule has 0 aliphatic rings. The van der Waals surface area contributed by atoms with Crippen LogP contribution in [0.5, 0.6) is 0 Å². The summed E-state index contributed by atoms with van der Waals surface area (Å²) in [6.45, 7) is 3.80. The minimum absolute atomic E-state index is 0.0888. The van der Waals surface area contributed by atoms with Gasteiger partial charge in [0.25, 0.3) is 5.91 Å². The van der Waals surface area contributed by atoms with Crippen molar-refractivity contribution in [2.45, 2.75) is 26.3 Å². The zero-order valence-corrected chi connectivity index (χ0v) is 11.5. The van der Waals surface area contributed by atoms with Crippen LogP contribution in [0.25, 0.3) is 0 Å². The van der Waals surface area contributed by atoms with Gasteiger partial charge >= 0.3 is 0 Å². The normalized spacial score (nSPS) is 11.5. The average molecular weight is 275 g/mol. The van der Waals surface area contributed by atoms with Crippen molar-refractivity contribution in [2.75, 3.05) is 6.54 Å². The smallest absolute Gasteiger partial charge is 0.272 e. The van der Waals surface area contributed by atoms with Crippen LogP contribution in [0.15, 0.2) is 18.6 Å². The van der Waals surface area contributed by atoms with Gasteiger partial charge in [0.05, 0.1) is 12.3 Å². The standard InChI is InChI=1S/C13H17N5O2/c1-9(2)7-10(12(19)17-4-3-14)18-13(20)11-8-15-5-6-16-11/h5-6,8-10H,4,7H2,1-2H3,(H,17,19)(H,18,20). The number of hydrogen-bond acceptors (Lipinski definition) is 5. The maximum atomic E-state index is 12.0. The molecular weight excluding hydrogens is 258 g/mol. The molecular formula is C13H17N5O2. The van der Waals surface area contributed by atoms with Crippen molar-refractivity contribution in [3.8, 4) is 6.07 Å². The third kappa shape index (κ3) is 5.02. The second kappa shape index (κ2) is 7.84. The lowest BCUT2D eigenvalue weighted by atomic mass is 10.0. The molecule has 1 atom stereocenters. The molecule has 20 heavy (non-hydrogen) atoms. The Labute approximate surface area is 117 Å². The number of nitrogens with one attached hydrogen (secondary N) is 2. The number of nitriles is 1. The first-order chi connectivity index (χ1) is 9.54. The van der Waals surface area contributed by atoms with Crippen molar-refractivity contribution in [1.82, 2.24) is 20.6 Å². The Hall–Kier alpha value is -2.49. The van der Waals surface area contributed by atoms with Gasteiger partial charge in [0.15, 0.2) is 0 Å². The summed E-state index contributed by atoms with van der Waals surface area (Å²) in [6, 6.07) is 1.13. The molecule has 7 nitrogen and oxygen atoms in total. The fraction of sp³-hybridized carbons (Fsp3) is 0.462. The topological polar surface area (TPSA) is 108 Å². The molecule has 7 heteroatoms. The number of hydrogen-bond donors (Lipinski definition) is 2. The molecule has 0 fully saturated rings. The van der Waals surface area contributed by atoms with Gasteiger partial charge in [-0.1, -0.05) is 13.8 Å². The monoisotopic (exact) mass is 275 g/mol. The second-order valence-corrected chi connectivity index (χ2v) is 4.62. The molecule has 0 bridgehead atoms. The molecule has 2 N–H and O–H groups in total. The Kier molecular flexibility index (Phi) is 6.10. The van der Waals surface area contributed by atoms with Crippen LogP contribution in [0.4, 0.5) is 0 Å². The van der Waals surface area contributed by atoms with Crippen LogP contribution in [0.3, 0.4) is 0 Å². The van der Waals surface area contributed by atoms with Gasteiger partial charge in [0.2, 0.25) is 5.91 Å². The van der Waals surface area contributed by atoms with Crippen molar-refractivity contribution in [2.24, 2.45) is 5.92 Å². The van der Waals surface area contributed by atoms with E-state index in [0.717, 1.165) is 0 Å². The van der Waals surface area contributed by atoms with Gasteiger partial charge in [0, 0.05) is 12.4 Å². The molecule has 0 aliphatic heterocycles. The molecule has 0 aromatic carbocycles. The van der Waals surface area contributed by atoms with Gasteiger partial charge in [-0.3, -0.25) is 14.6 Å². The molecule has 106 valence electrons. The van der Waals surface area contributed by atoms with E-state index in [9.17, 15) is 9.59 Å². The van der Waals surface area contributed by atoms with Gasteiger partial charge in [-0.25, -0.2) is 4.98 Å². The summed E-state index contributed by atoms with van der Waals surface area (Å²) in [5.74, 6) is -0.622. The van der Waals surface area contributed by atoms with Gasteiger partial charge in [-0.15, -0.1) is 0 Å². The zero-order chi connectivity index (χ0) is 15.0. The highest BCUT2D eigenvalue weighted by atomic mass is 16.2. The van der Waals surface area contributed by atoms with Crippen LogP contribution in [0, 0.1) is 17.2 Å². The van der Waals surface area contributed by atoms with E-state index in [1.54, 1.807) is 0 Å². The molecule has 1 aromatic rings. The highest BCUT2D eigenvalue weighted by Crippen LogP contribution is 2.06. The Morgan fingerprint density at radius 3 is 2.70 bits per heavy atom. The van der Waals surface area contributed by atoms with Crippen LogP contribution in [-0.2, 0) is 4.79 Å². The minimum Gasteiger partial charge on any atom is -0.341 e. The lowest BCUT2D eigenvalue weighted by Gasteiger charge is -2.19. The van der Waals surface area contributed by atoms with E-state index in [1.165, 1.54) is 18.6 Å². The van der Waals surface area contributed by atoms with Crippen molar-refractivity contribution < 1.29 is 9.59 Å². The predicted octanol–water partition coefficient (Wildman–Crippen LogP) is 0.261. The summed E-state index contributed by atoms with van der Waals surface area (Å²) in [5, 5.41) is 13.5. The molecule has 0 spiro atoms. The highest BCUT2D eigenvalue weighted by Gasteiger charge is 2.22. The van der Waals surface area contributed by atoms with Crippen molar-refractivity contribution in [3.05, 3.63) is 24.3 Å². The summed E-state index contributed by atoms with van der Waals surface area (Å²) in [4.78, 5) is 31.5. The van der Waals surface area contributed by atoms with Crippen LogP contribution >= 0.6 is 0 Å². The Morgan fingerprint density at radius 1 is 1.40 bits per heavy atom. The van der Waals surface area contributed by atoms with E-state index in [0.29, 0.717) is 6.42 Å². The summed E-state index contributed by atoms with van der Waals surface area (Å²) < 4.78 is 0. The Morgan fingerprint density at radius 2 is 2.15 bits per heavy atom. The molecule has 1 rings (SSSR count). The summed E-state index contributed by atoms with van der Waals surface area (Å²) in [6.07, 6.45) is 4.67. The van der Waals surface area contributed by atoms with E-state index in [-0.39, 0.29) is 24.1 Å². The molecule has 1 aromatic heterocycles. The van der Waals surface area contributed by atoms with Crippen molar-refractivity contribution in [3.63, 3.8) is 0 Å². The molecule has 0 saturated heterocycles. The van der Waals surface area contributed by atoms with Crippen molar-refractivity contribution in [1.29, 1.82) is 5.26 Å². The lowest BCUT2D eigenvalue weighted by Crippen LogP contribution is -2.47. The van der Waals surface area contributed by atoms with E-state index >= 15 is 0 Å². The summed E-state index contributed by atoms with van der Waals surface area (Å²) >= 11 is 0. The van der Waals surface area contributed by atoms with Gasteiger partial charge in [-0.05, 0) is 12.3 Å². The first kappa shape index (κ1) is 15.6. The van der Waals surface area contributed by atoms with Crippen molar-refractivity contribution >= 4 is 11.8 Å². The van der Waals surface area contributed by atoms with E-state index < -0.39 is 11.9 Å². The molecule has 1 unspecified atom stereocenters. The first-order valence-electron chi connectivity index (χ1n) is 6.26. The lowest BCUT2D eigenvalue weighted by molar-refractivity contribution is -0.123. The third-order valence-electron chi connectivity index (χ3n) is 2.47. The molecule has 2 amide bonds. The number of aromatic nitrogens is 2. The van der Waals surface area contributed by atoms with Gasteiger partial charge in [-0.2, -0.15) is 5.26 Å².